The Morgan fingerprint density at radius 3 is 0.344 bits per heavy atom. The van der Waals surface area contributed by atoms with Gasteiger partial charge in [0.2, 0.25) is 0 Å². The molecule has 61 heavy (non-hydrogen) atoms. The minimum Gasteiger partial charge on any atom is -0.0654 e. The molecule has 0 aliphatic heterocycles. The predicted molar refractivity (Wildman–Crippen MR) is 287 cm³/mol. The van der Waals surface area contributed by atoms with Crippen LogP contribution in [0.4, 0.5) is 0 Å². The van der Waals surface area contributed by atoms with Crippen molar-refractivity contribution in [2.24, 2.45) is 0 Å². The van der Waals surface area contributed by atoms with E-state index in [9.17, 15) is 0 Å². The minimum atomic E-state index is -1.17. The SMILES string of the molecule is CCCCCCCCCCCCCCCCCCC[CH2][Sn+]([CH2]CCCCCCCCCCCCCCCCCCC)[CH2]CCCCCCCCCCCCCCCCCCC. The molecule has 0 unspecified atom stereocenters. The monoisotopic (exact) mass is 964 g/mol. The van der Waals surface area contributed by atoms with Gasteiger partial charge in [0.25, 0.3) is 0 Å². The number of hydrogen-bond donors (Lipinski definition) is 0. The van der Waals surface area contributed by atoms with Gasteiger partial charge in [-0.15, -0.1) is 0 Å². The second-order valence-electron chi connectivity index (χ2n) is 21.0. The molecule has 0 atom stereocenters. The van der Waals surface area contributed by atoms with Crippen LogP contribution in [0.5, 0.6) is 0 Å². The first-order valence-electron chi connectivity index (χ1n) is 30.2. The van der Waals surface area contributed by atoms with Gasteiger partial charge in [-0.3, -0.25) is 0 Å². The Hall–Kier alpha value is 0.799. The van der Waals surface area contributed by atoms with Gasteiger partial charge < -0.3 is 0 Å². The fraction of sp³-hybridized carbons (Fsp3) is 1.00. The van der Waals surface area contributed by atoms with Crippen molar-refractivity contribution in [1.82, 2.24) is 0 Å². The van der Waals surface area contributed by atoms with Gasteiger partial charge in [0.1, 0.15) is 0 Å². The molecule has 366 valence electrons. The molecule has 0 nitrogen and oxygen atoms in total. The summed E-state index contributed by atoms with van der Waals surface area (Å²) in [5.41, 5.74) is 0. The van der Waals surface area contributed by atoms with Crippen LogP contribution >= 0.6 is 0 Å². The Morgan fingerprint density at radius 1 is 0.131 bits per heavy atom. The summed E-state index contributed by atoms with van der Waals surface area (Å²) in [7, 11) is 0. The summed E-state index contributed by atoms with van der Waals surface area (Å²) >= 11 is -1.17. The van der Waals surface area contributed by atoms with Crippen LogP contribution in [0.1, 0.15) is 367 Å². The van der Waals surface area contributed by atoms with Crippen molar-refractivity contribution >= 4 is 19.8 Å². The zero-order valence-corrected chi connectivity index (χ0v) is 46.7. The van der Waals surface area contributed by atoms with Gasteiger partial charge in [0.05, 0.1) is 0 Å². The quantitative estimate of drug-likeness (QED) is 0.0421. The van der Waals surface area contributed by atoms with Gasteiger partial charge in [0.15, 0.2) is 0 Å². The first kappa shape index (κ1) is 61.8. The molecule has 0 bridgehead atoms. The molecule has 0 saturated heterocycles. The van der Waals surface area contributed by atoms with Crippen LogP contribution in [0.3, 0.4) is 0 Å². The van der Waals surface area contributed by atoms with Crippen LogP contribution < -0.4 is 0 Å². The number of hydrogen-bond acceptors (Lipinski definition) is 0. The fourth-order valence-electron chi connectivity index (χ4n) is 10.2. The van der Waals surface area contributed by atoms with Crippen LogP contribution in [0.2, 0.25) is 13.3 Å². The van der Waals surface area contributed by atoms with Crippen LogP contribution in [0, 0.1) is 0 Å². The third-order valence-electron chi connectivity index (χ3n) is 14.7. The van der Waals surface area contributed by atoms with Crippen LogP contribution in [-0.2, 0) is 0 Å². The summed E-state index contributed by atoms with van der Waals surface area (Å²) in [6, 6.07) is 0. The molecular formula is C60H123Sn+. The first-order valence-corrected chi connectivity index (χ1v) is 36.2. The van der Waals surface area contributed by atoms with E-state index in [0.717, 1.165) is 0 Å². The number of unbranched alkanes of at least 4 members (excludes halogenated alkanes) is 51. The van der Waals surface area contributed by atoms with Crippen LogP contribution in [0.25, 0.3) is 0 Å². The van der Waals surface area contributed by atoms with Gasteiger partial charge in [-0.05, 0) is 0 Å². The Labute approximate surface area is 398 Å². The van der Waals surface area contributed by atoms with Gasteiger partial charge in [-0.25, -0.2) is 0 Å². The van der Waals surface area contributed by atoms with Crippen molar-refractivity contribution in [3.05, 3.63) is 0 Å². The minimum absolute atomic E-state index is 1.17. The second-order valence-corrected chi connectivity index (χ2v) is 29.6. The molecule has 0 fully saturated rings. The summed E-state index contributed by atoms with van der Waals surface area (Å²) in [5, 5.41) is 0. The maximum absolute atomic E-state index is 2.32. The van der Waals surface area contributed by atoms with Crippen molar-refractivity contribution in [3.8, 4) is 0 Å². The first-order chi connectivity index (χ1) is 30.3. The molecule has 0 radical (unpaired) electrons. The van der Waals surface area contributed by atoms with E-state index >= 15 is 0 Å². The van der Waals surface area contributed by atoms with E-state index < -0.39 is 19.8 Å². The Balaban J connectivity index is 3.96. The van der Waals surface area contributed by atoms with Crippen LogP contribution in [-0.4, -0.2) is 19.8 Å². The second kappa shape index (κ2) is 58.8. The van der Waals surface area contributed by atoms with Crippen molar-refractivity contribution in [3.63, 3.8) is 0 Å². The summed E-state index contributed by atoms with van der Waals surface area (Å²) < 4.78 is 5.21. The summed E-state index contributed by atoms with van der Waals surface area (Å²) in [6.45, 7) is 6.97. The zero-order chi connectivity index (χ0) is 43.9. The Morgan fingerprint density at radius 2 is 0.230 bits per heavy atom. The van der Waals surface area contributed by atoms with Gasteiger partial charge in [-0.1, -0.05) is 156 Å². The molecule has 0 heterocycles. The molecule has 0 amide bonds. The zero-order valence-electron chi connectivity index (χ0n) is 43.8. The van der Waals surface area contributed by atoms with Crippen molar-refractivity contribution < 1.29 is 0 Å². The normalized spacial score (nSPS) is 11.7. The third kappa shape index (κ3) is 56.9. The summed E-state index contributed by atoms with van der Waals surface area (Å²) in [6.07, 6.45) is 81.0. The average Bonchev–Trinajstić information content (AvgIpc) is 3.27. The molecule has 0 rings (SSSR count). The van der Waals surface area contributed by atoms with Gasteiger partial charge >= 0.3 is 245 Å². The fourth-order valence-corrected chi connectivity index (χ4v) is 18.8. The van der Waals surface area contributed by atoms with Crippen molar-refractivity contribution in [2.45, 2.75) is 381 Å². The number of rotatable bonds is 57. The summed E-state index contributed by atoms with van der Waals surface area (Å²) in [5.74, 6) is 0. The molecule has 0 spiro atoms. The molecule has 0 aromatic rings. The molecule has 0 N–H and O–H groups in total. The van der Waals surface area contributed by atoms with Gasteiger partial charge in [0, 0.05) is 0 Å². The van der Waals surface area contributed by atoms with E-state index in [1.54, 1.807) is 51.8 Å². The molecule has 0 aliphatic rings. The molecule has 0 saturated carbocycles. The Kier molecular flexibility index (Phi) is 59.6. The average molecular weight is 963 g/mol. The maximum atomic E-state index is 2.32. The standard InChI is InChI=1S/3C20H41.Sn/c3*1-3-5-7-9-11-13-15-17-19-20-18-16-14-12-10-8-6-4-2;/h3*1,3-20H2,2H3;/q;;;+1. The van der Waals surface area contributed by atoms with Crippen molar-refractivity contribution in [2.75, 3.05) is 0 Å². The third-order valence-corrected chi connectivity index (χ3v) is 23.7. The van der Waals surface area contributed by atoms with Crippen LogP contribution in [0.15, 0.2) is 0 Å². The van der Waals surface area contributed by atoms with Crippen molar-refractivity contribution in [1.29, 1.82) is 0 Å². The molecule has 0 aromatic heterocycles. The predicted octanol–water partition coefficient (Wildman–Crippen LogP) is 23.6. The van der Waals surface area contributed by atoms with Gasteiger partial charge in [-0.2, -0.15) is 0 Å². The van der Waals surface area contributed by atoms with E-state index in [1.165, 1.54) is 308 Å². The van der Waals surface area contributed by atoms with E-state index in [-0.39, 0.29) is 0 Å². The topological polar surface area (TPSA) is 0 Å². The molecule has 0 aromatic carbocycles. The smallest absolute Gasteiger partial charge is 0.0654 e. The summed E-state index contributed by atoms with van der Waals surface area (Å²) in [4.78, 5) is 0. The van der Waals surface area contributed by atoms with E-state index in [4.69, 9.17) is 0 Å². The van der Waals surface area contributed by atoms with E-state index in [0.29, 0.717) is 0 Å². The van der Waals surface area contributed by atoms with E-state index in [1.807, 2.05) is 0 Å². The molecule has 0 aliphatic carbocycles. The molecule has 1 heteroatoms. The Bertz CT molecular complexity index is 621. The molecular weight excluding hydrogens is 839 g/mol. The van der Waals surface area contributed by atoms with E-state index in [2.05, 4.69) is 20.8 Å².